The monoisotopic (exact) mass is 2520 g/mol. The van der Waals surface area contributed by atoms with E-state index in [-0.39, 0.29) is 78.1 Å². The highest BCUT2D eigenvalue weighted by Crippen LogP contribution is 2.35. The first-order valence-corrected chi connectivity index (χ1v) is 69.6. The molecule has 148 heavy (non-hydrogen) atoms. The third kappa shape index (κ3) is 132. The third-order valence-electron chi connectivity index (χ3n) is 24.2. The van der Waals surface area contributed by atoms with Crippen LogP contribution < -0.4 is 0 Å². The predicted molar refractivity (Wildman–Crippen MR) is 725 cm³/mol. The van der Waals surface area contributed by atoms with Crippen LogP contribution in [-0.2, 0) is 61.7 Å². The Morgan fingerprint density at radius 3 is 0.811 bits per heavy atom. The highest BCUT2D eigenvalue weighted by Gasteiger charge is 2.46. The number of carbonyl (C=O) groups excluding carboxylic acids is 2. The van der Waals surface area contributed by atoms with E-state index >= 15 is 0 Å². The maximum absolute atomic E-state index is 11.0. The lowest BCUT2D eigenvalue weighted by Crippen LogP contribution is -2.26. The fourth-order valence-electron chi connectivity index (χ4n) is 15.1. The summed E-state index contributed by atoms with van der Waals surface area (Å²) in [5.74, 6) is 22.3. The highest BCUT2D eigenvalue weighted by molar-refractivity contribution is 7.83. The van der Waals surface area contributed by atoms with Crippen LogP contribution in [0.4, 0.5) is 0 Å². The number of ether oxygens (including phenoxy) is 11. The quantitative estimate of drug-likeness (QED) is 0.0155. The average Bonchev–Trinajstić information content (AvgIpc) is 1.67. The van der Waals surface area contributed by atoms with E-state index in [0.717, 1.165) is 192 Å². The molecular weight excluding hydrogens is 2290 g/mol. The Labute approximate surface area is 1030 Å². The van der Waals surface area contributed by atoms with Crippen LogP contribution in [0.15, 0.2) is 0 Å². The summed E-state index contributed by atoms with van der Waals surface area (Å²) in [7, 11) is 1.55. The number of methoxy groups -OCH3 is 1. The van der Waals surface area contributed by atoms with E-state index in [1.54, 1.807) is 7.11 Å². The fraction of sp³-hybridized carbons (Fsp3) is 0.982. The number of unbranched alkanes of at least 4 members (excludes halogenated alkanes) is 25. The van der Waals surface area contributed by atoms with Gasteiger partial charge in [0.1, 0.15) is 12.4 Å². The van der Waals surface area contributed by atoms with E-state index in [1.165, 1.54) is 244 Å². The number of fused-ring (bicyclic) bond motifs is 2. The van der Waals surface area contributed by atoms with Gasteiger partial charge in [0, 0.05) is 75.0 Å². The normalized spacial score (nSPS) is 20.9. The van der Waals surface area contributed by atoms with Gasteiger partial charge in [-0.3, -0.25) is 9.59 Å². The van der Waals surface area contributed by atoms with Crippen molar-refractivity contribution in [2.45, 2.75) is 401 Å². The van der Waals surface area contributed by atoms with Gasteiger partial charge in [-0.1, -0.05) is 176 Å². The number of hydrogen-bond donors (Lipinski definition) is 26. The molecule has 0 spiro atoms. The Balaban J connectivity index is -0.000000201. The van der Waals surface area contributed by atoms with Crippen molar-refractivity contribution in [2.24, 2.45) is 35.5 Å². The van der Waals surface area contributed by atoms with Crippen LogP contribution in [0.25, 0.3) is 0 Å². The zero-order valence-corrected chi connectivity index (χ0v) is 112. The summed E-state index contributed by atoms with van der Waals surface area (Å²) in [6.07, 6.45) is 62.6. The number of esters is 1. The van der Waals surface area contributed by atoms with E-state index in [0.29, 0.717) is 136 Å². The molecule has 7 aliphatic rings. The van der Waals surface area contributed by atoms with Crippen LogP contribution in [0.2, 0.25) is 0 Å². The van der Waals surface area contributed by atoms with Crippen molar-refractivity contribution in [1.29, 1.82) is 0 Å². The van der Waals surface area contributed by atoms with Crippen LogP contribution in [0, 0.1) is 35.5 Å². The Bertz CT molecular complexity index is 2140. The van der Waals surface area contributed by atoms with Crippen molar-refractivity contribution >= 4 is 290 Å². The van der Waals surface area contributed by atoms with E-state index in [2.05, 4.69) is 296 Å². The molecule has 0 aromatic carbocycles. The molecule has 0 amide bonds. The van der Waals surface area contributed by atoms with Crippen LogP contribution in [0.5, 0.6) is 0 Å². The van der Waals surface area contributed by atoms with E-state index in [4.69, 9.17) is 67.8 Å². The van der Waals surface area contributed by atoms with Crippen molar-refractivity contribution in [3.05, 3.63) is 0 Å². The van der Waals surface area contributed by atoms with Crippen LogP contribution in [0.3, 0.4) is 0 Å². The van der Waals surface area contributed by atoms with Gasteiger partial charge in [0.25, 0.3) is 0 Å². The molecule has 5 unspecified atom stereocenters. The number of aliphatic hydroxyl groups excluding tert-OH is 4. The van der Waals surface area contributed by atoms with E-state index in [9.17, 15) is 9.59 Å². The topological polar surface area (TPSA) is 217 Å². The molecule has 3 saturated carbocycles. The number of rotatable bonds is 69. The Kier molecular flexibility index (Phi) is 173. The maximum atomic E-state index is 11.0. The van der Waals surface area contributed by atoms with E-state index in [1.807, 2.05) is 13.8 Å². The number of aliphatic hydroxyl groups is 4. The van der Waals surface area contributed by atoms with Gasteiger partial charge in [-0.05, 0) is 265 Å². The summed E-state index contributed by atoms with van der Waals surface area (Å²) in [5, 5.41) is 34.2. The second kappa shape index (κ2) is 149. The van der Waals surface area contributed by atoms with Crippen LogP contribution >= 0.6 is 278 Å². The largest absolute Gasteiger partial charge is 0.465 e. The molecule has 4 heterocycles. The minimum Gasteiger partial charge on any atom is -0.465 e. The van der Waals surface area contributed by atoms with Crippen molar-refractivity contribution in [3.63, 3.8) is 0 Å². The summed E-state index contributed by atoms with van der Waals surface area (Å²) in [6.45, 7) is 19.1. The lowest BCUT2D eigenvalue weighted by Gasteiger charge is -2.26. The second-order valence-corrected chi connectivity index (χ2v) is 47.7. The number of ketones is 1. The van der Waals surface area contributed by atoms with Gasteiger partial charge >= 0.3 is 5.97 Å². The summed E-state index contributed by atoms with van der Waals surface area (Å²) in [5.41, 5.74) is 0. The predicted octanol–water partition coefficient (Wildman–Crippen LogP) is 28.1. The molecule has 0 aromatic heterocycles. The zero-order valence-electron chi connectivity index (χ0n) is 92.4. The van der Waals surface area contributed by atoms with Gasteiger partial charge in [0.15, 0.2) is 0 Å². The van der Waals surface area contributed by atoms with Crippen molar-refractivity contribution in [2.75, 3.05) is 236 Å². The standard InChI is InChI=1S/C14H30S2.C10H22S2.C9H18O.C8H16OS2.2C8H16S2.C7H16O2S2.C7H14O2S2.2C6H10O2S2.C6H14O2S2.C6H14S2.C5H12O2.C5H12O.C3H8O2.CH4/c15-13-11-9-7-5-3-1-2-4-6-8-10-12-14-16;11-9-7-5-3-1-2-4-6-8-10-12;1-2-8-3-5-9(7-10)6-4-8;9-8(5-3-7-11)4-1-2-6-10;2*9-5-7-1-2-8(6-10)4-3-7;1-7(9-3-5-11)6-8-2-4-10;8-7(9-4-6-11)3-1-2-5-10;2*9-3-1-7-6-4(10)2-8-5(3)6;9-5-3-7-1-2-8-4-6-10;7-5-3-1-2-4-6-8;1-2-4-7-5-3-6;1-2-3-4-5-6;1-5-3-2-4;/h15-16H,1-14H2;11-12H,1-10H2;8-10H,2-7H2,1H3;10-11H,1-7H2;2*7-10H,1-6H2;7,10-11H,2-6H2,1H3;10-11H,1-6H2;2*3-6,9-10H,1-2H2;9-10H,1-6H2;7-8H,1-6H2;6H,2-5H2,1H3;6H,2-5H2,1H3;4H,2-3H2,1H3;1H4/t;;;;;;;;3-,4+,5-,6-;;;;;;;/m........1......./s1. The van der Waals surface area contributed by atoms with Gasteiger partial charge in [-0.25, -0.2) is 0 Å². The van der Waals surface area contributed by atoms with Gasteiger partial charge in [-0.2, -0.15) is 278 Å². The molecule has 4 aliphatic heterocycles. The first kappa shape index (κ1) is 172. The molecule has 0 bridgehead atoms. The molecule has 7 fully saturated rings. The average molecular weight is 2520 g/mol. The number of Topliss-reactive ketones (excluding diaryl/α,β-unsaturated/α-hetero) is 1. The smallest absolute Gasteiger partial charge is 0.305 e. The number of carbonyl (C=O) groups is 2. The minimum absolute atomic E-state index is 0. The zero-order chi connectivity index (χ0) is 111. The summed E-state index contributed by atoms with van der Waals surface area (Å²) >= 11 is 91.6. The fourth-order valence-corrected chi connectivity index (χ4v) is 20.4. The summed E-state index contributed by atoms with van der Waals surface area (Å²) in [6, 6.07) is 0. The van der Waals surface area contributed by atoms with Gasteiger partial charge < -0.3 is 72.5 Å². The lowest BCUT2D eigenvalue weighted by atomic mass is 9.81. The molecular formula is C109H232O17S22. The molecule has 17 nitrogen and oxygen atoms in total. The summed E-state index contributed by atoms with van der Waals surface area (Å²) < 4.78 is 56.5. The van der Waals surface area contributed by atoms with Crippen molar-refractivity contribution in [1.82, 2.24) is 0 Å². The SMILES string of the molecule is C.CC(COCCS)OCCS.CCC1CCC(CO)CC1.CCCCCO.CCCOCCO.COCCO.O=C(CCCCS)OCCS.O=C(CCCS)CCCCS.SC1COC2C(S)COC12.SCC1CCC(CS)CC1.SCC1CCC(CS)CC1.SCCCCCCCCCCCCCCS.SCCCCCCCCCCS.SCCCCCCS.SCCOCCOCCS.S[C@@H]1CO[C@H]2[C@@H]1OC[C@@H]2S. The van der Waals surface area contributed by atoms with Crippen LogP contribution in [0.1, 0.15) is 350 Å². The van der Waals surface area contributed by atoms with E-state index < -0.39 is 0 Å². The maximum Gasteiger partial charge on any atom is 0.305 e. The van der Waals surface area contributed by atoms with Gasteiger partial charge in [0.05, 0.1) is 151 Å². The highest BCUT2D eigenvalue weighted by atomic mass is 32.1. The lowest BCUT2D eigenvalue weighted by molar-refractivity contribution is -0.143. The van der Waals surface area contributed by atoms with Crippen LogP contribution in [-0.4, -0.2) is 320 Å². The van der Waals surface area contributed by atoms with Gasteiger partial charge in [0.2, 0.25) is 0 Å². The Hall–Kier alpha value is 6.28. The number of hydrogen-bond acceptors (Lipinski definition) is 39. The minimum atomic E-state index is -0.124. The molecule has 0 aromatic rings. The number of thiol groups is 22. The molecule has 4 N–H and O–H groups in total. The third-order valence-corrected chi connectivity index (χ3v) is 31.8. The first-order valence-electron chi connectivity index (χ1n) is 56.2. The van der Waals surface area contributed by atoms with Crippen molar-refractivity contribution < 1.29 is 82.1 Å². The summed E-state index contributed by atoms with van der Waals surface area (Å²) in [4.78, 5) is 21.8. The second-order valence-electron chi connectivity index (χ2n) is 37.3. The Morgan fingerprint density at radius 2 is 0.561 bits per heavy atom. The molecule has 39 heteroatoms. The molecule has 7 rings (SSSR count). The Morgan fingerprint density at radius 1 is 0.284 bits per heavy atom. The van der Waals surface area contributed by atoms with Crippen molar-refractivity contribution in [3.8, 4) is 0 Å². The molecule has 4 saturated heterocycles. The molecule has 0 radical (unpaired) electrons. The first-order chi connectivity index (χ1) is 71.5. The van der Waals surface area contributed by atoms with Gasteiger partial charge in [-0.15, -0.1) is 0 Å². The molecule has 3 aliphatic carbocycles. The molecule has 902 valence electrons. The molecule has 9 atom stereocenters.